The van der Waals surface area contributed by atoms with Gasteiger partial charge in [0, 0.05) is 29.2 Å². The number of nitrogens with one attached hydrogen (secondary N) is 1. The van der Waals surface area contributed by atoms with Gasteiger partial charge in [0.05, 0.1) is 0 Å². The van der Waals surface area contributed by atoms with E-state index < -0.39 is 0 Å². The van der Waals surface area contributed by atoms with Gasteiger partial charge in [0.1, 0.15) is 5.84 Å². The molecular formula is C15H22ClN3. The first-order valence-corrected chi connectivity index (χ1v) is 7.25. The van der Waals surface area contributed by atoms with Gasteiger partial charge >= 0.3 is 0 Å². The zero-order valence-electron chi connectivity index (χ0n) is 11.6. The van der Waals surface area contributed by atoms with E-state index in [4.69, 9.17) is 22.7 Å². The fourth-order valence-electron chi connectivity index (χ4n) is 2.83. The second-order valence-corrected chi connectivity index (χ2v) is 5.93. The molecule has 0 amide bonds. The van der Waals surface area contributed by atoms with Gasteiger partial charge < -0.3 is 5.73 Å². The molecule has 1 fully saturated rings. The molecule has 0 saturated carbocycles. The summed E-state index contributed by atoms with van der Waals surface area (Å²) in [4.78, 5) is 2.51. The maximum absolute atomic E-state index is 7.43. The molecule has 0 bridgehead atoms. The lowest BCUT2D eigenvalue weighted by atomic mass is 9.96. The molecule has 1 aromatic carbocycles. The molecule has 1 heterocycles. The highest BCUT2D eigenvalue weighted by Gasteiger charge is 2.25. The summed E-state index contributed by atoms with van der Waals surface area (Å²) < 4.78 is 0. The van der Waals surface area contributed by atoms with Crippen molar-refractivity contribution in [1.29, 1.82) is 5.41 Å². The molecule has 0 aliphatic carbocycles. The summed E-state index contributed by atoms with van der Waals surface area (Å²) in [5, 5.41) is 8.13. The van der Waals surface area contributed by atoms with Gasteiger partial charge in [-0.1, -0.05) is 30.2 Å². The molecule has 0 aromatic heterocycles. The molecule has 3 nitrogen and oxygen atoms in total. The van der Waals surface area contributed by atoms with Crippen LogP contribution in [-0.4, -0.2) is 22.8 Å². The van der Waals surface area contributed by atoms with Gasteiger partial charge in [-0.15, -0.1) is 0 Å². The SMILES string of the molecule is CC1CCCC(C)N1Cc1ccc(C(=N)N)cc1Cl. The Balaban J connectivity index is 2.16. The fraction of sp³-hybridized carbons (Fsp3) is 0.533. The molecule has 1 aliphatic rings. The Labute approximate surface area is 120 Å². The largest absolute Gasteiger partial charge is 0.384 e. The van der Waals surface area contributed by atoms with Crippen LogP contribution in [0.4, 0.5) is 0 Å². The van der Waals surface area contributed by atoms with E-state index in [1.807, 2.05) is 12.1 Å². The topological polar surface area (TPSA) is 53.1 Å². The maximum Gasteiger partial charge on any atom is 0.122 e. The maximum atomic E-state index is 7.43. The molecule has 1 aliphatic heterocycles. The van der Waals surface area contributed by atoms with Gasteiger partial charge in [0.25, 0.3) is 0 Å². The molecule has 1 aromatic rings. The Hall–Kier alpha value is -1.06. The molecule has 0 spiro atoms. The van der Waals surface area contributed by atoms with Crippen molar-refractivity contribution in [2.45, 2.75) is 51.7 Å². The smallest absolute Gasteiger partial charge is 0.122 e. The van der Waals surface area contributed by atoms with Crippen LogP contribution in [-0.2, 0) is 6.54 Å². The van der Waals surface area contributed by atoms with Crippen LogP contribution in [0.2, 0.25) is 5.02 Å². The molecule has 19 heavy (non-hydrogen) atoms. The Morgan fingerprint density at radius 1 is 1.37 bits per heavy atom. The van der Waals surface area contributed by atoms with E-state index in [-0.39, 0.29) is 5.84 Å². The minimum absolute atomic E-state index is 0.0631. The Bertz CT molecular complexity index is 462. The van der Waals surface area contributed by atoms with Gasteiger partial charge in [-0.2, -0.15) is 0 Å². The summed E-state index contributed by atoms with van der Waals surface area (Å²) >= 11 is 6.31. The van der Waals surface area contributed by atoms with E-state index in [1.165, 1.54) is 19.3 Å². The Morgan fingerprint density at radius 3 is 2.53 bits per heavy atom. The van der Waals surface area contributed by atoms with Crippen molar-refractivity contribution in [3.05, 3.63) is 34.3 Å². The van der Waals surface area contributed by atoms with Gasteiger partial charge in [-0.3, -0.25) is 10.3 Å². The van der Waals surface area contributed by atoms with E-state index in [0.29, 0.717) is 22.7 Å². The van der Waals surface area contributed by atoms with Crippen molar-refractivity contribution in [3.8, 4) is 0 Å². The van der Waals surface area contributed by atoms with Crippen LogP contribution < -0.4 is 5.73 Å². The fourth-order valence-corrected chi connectivity index (χ4v) is 3.07. The number of hydrogen-bond acceptors (Lipinski definition) is 2. The summed E-state index contributed by atoms with van der Waals surface area (Å²) in [6, 6.07) is 6.87. The van der Waals surface area contributed by atoms with Crippen molar-refractivity contribution in [1.82, 2.24) is 4.90 Å². The third-order valence-corrected chi connectivity index (χ3v) is 4.44. The first kappa shape index (κ1) is 14.4. The van der Waals surface area contributed by atoms with E-state index in [2.05, 4.69) is 18.7 Å². The van der Waals surface area contributed by atoms with E-state index in [9.17, 15) is 0 Å². The first-order valence-electron chi connectivity index (χ1n) is 6.87. The predicted octanol–water partition coefficient (Wildman–Crippen LogP) is 3.39. The lowest BCUT2D eigenvalue weighted by Gasteiger charge is -2.39. The van der Waals surface area contributed by atoms with Crippen LogP contribution in [0.3, 0.4) is 0 Å². The number of nitrogens with two attached hydrogens (primary N) is 1. The van der Waals surface area contributed by atoms with E-state index in [0.717, 1.165) is 12.1 Å². The Kier molecular flexibility index (Phi) is 4.48. The summed E-state index contributed by atoms with van der Waals surface area (Å²) in [5.41, 5.74) is 7.28. The summed E-state index contributed by atoms with van der Waals surface area (Å²) in [6.07, 6.45) is 3.83. The minimum atomic E-state index is 0.0631. The summed E-state index contributed by atoms with van der Waals surface area (Å²) in [5.74, 6) is 0.0631. The van der Waals surface area contributed by atoms with Gasteiger partial charge in [0.15, 0.2) is 0 Å². The third-order valence-electron chi connectivity index (χ3n) is 4.09. The van der Waals surface area contributed by atoms with Gasteiger partial charge in [0.2, 0.25) is 0 Å². The van der Waals surface area contributed by atoms with E-state index in [1.54, 1.807) is 6.07 Å². The number of rotatable bonds is 3. The zero-order chi connectivity index (χ0) is 14.0. The molecule has 4 heteroatoms. The number of nitrogen functional groups attached to an aromatic ring is 1. The number of nitrogens with zero attached hydrogens (tertiary/aromatic N) is 1. The van der Waals surface area contributed by atoms with Crippen molar-refractivity contribution in [2.75, 3.05) is 0 Å². The normalized spacial score (nSPS) is 24.4. The number of amidine groups is 1. The van der Waals surface area contributed by atoms with Crippen LogP contribution >= 0.6 is 11.6 Å². The summed E-state index contributed by atoms with van der Waals surface area (Å²) in [7, 11) is 0. The Morgan fingerprint density at radius 2 is 2.00 bits per heavy atom. The average molecular weight is 280 g/mol. The zero-order valence-corrected chi connectivity index (χ0v) is 12.4. The number of piperidine rings is 1. The van der Waals surface area contributed by atoms with Crippen LogP contribution in [0.1, 0.15) is 44.2 Å². The van der Waals surface area contributed by atoms with Crippen LogP contribution in [0.5, 0.6) is 0 Å². The predicted molar refractivity (Wildman–Crippen MR) is 80.8 cm³/mol. The lowest BCUT2D eigenvalue weighted by molar-refractivity contribution is 0.0953. The van der Waals surface area contributed by atoms with Gasteiger partial charge in [-0.25, -0.2) is 0 Å². The second kappa shape index (κ2) is 5.93. The quantitative estimate of drug-likeness (QED) is 0.658. The number of hydrogen-bond donors (Lipinski definition) is 2. The van der Waals surface area contributed by atoms with Crippen molar-refractivity contribution >= 4 is 17.4 Å². The van der Waals surface area contributed by atoms with Crippen molar-refractivity contribution < 1.29 is 0 Å². The third kappa shape index (κ3) is 3.28. The second-order valence-electron chi connectivity index (χ2n) is 5.52. The molecule has 2 atom stereocenters. The minimum Gasteiger partial charge on any atom is -0.384 e. The first-order chi connectivity index (χ1) is 8.99. The molecule has 1 saturated heterocycles. The number of benzene rings is 1. The van der Waals surface area contributed by atoms with E-state index >= 15 is 0 Å². The molecule has 104 valence electrons. The van der Waals surface area contributed by atoms with Crippen LogP contribution in [0.25, 0.3) is 0 Å². The highest BCUT2D eigenvalue weighted by atomic mass is 35.5. The van der Waals surface area contributed by atoms with Crippen LogP contribution in [0.15, 0.2) is 18.2 Å². The highest BCUT2D eigenvalue weighted by Crippen LogP contribution is 2.27. The van der Waals surface area contributed by atoms with Crippen LogP contribution in [0, 0.1) is 5.41 Å². The summed E-state index contributed by atoms with van der Waals surface area (Å²) in [6.45, 7) is 5.44. The monoisotopic (exact) mass is 279 g/mol. The molecular weight excluding hydrogens is 258 g/mol. The van der Waals surface area contributed by atoms with Gasteiger partial charge in [-0.05, 0) is 38.3 Å². The molecule has 2 rings (SSSR count). The average Bonchev–Trinajstić information content (AvgIpc) is 2.35. The molecule has 3 N–H and O–H groups in total. The number of halogens is 1. The number of likely N-dealkylation sites (tertiary alicyclic amines) is 1. The van der Waals surface area contributed by atoms with Crippen molar-refractivity contribution in [3.63, 3.8) is 0 Å². The highest BCUT2D eigenvalue weighted by molar-refractivity contribution is 6.31. The molecule has 0 radical (unpaired) electrons. The standard InChI is InChI=1S/C15H22ClN3/c1-10-4-3-5-11(2)19(10)9-13-7-6-12(15(17)18)8-14(13)16/h6-8,10-11H,3-5,9H2,1-2H3,(H3,17,18). The lowest BCUT2D eigenvalue weighted by Crippen LogP contribution is -2.43. The van der Waals surface area contributed by atoms with Crippen molar-refractivity contribution in [2.24, 2.45) is 5.73 Å². The molecule has 2 unspecified atom stereocenters.